The fourth-order valence-corrected chi connectivity index (χ4v) is 1.78. The quantitative estimate of drug-likeness (QED) is 0.622. The molecule has 15 heavy (non-hydrogen) atoms. The van der Waals surface area contributed by atoms with Gasteiger partial charge in [0.15, 0.2) is 0 Å². The lowest BCUT2D eigenvalue weighted by Gasteiger charge is -2.00. The second-order valence-corrected chi connectivity index (χ2v) is 3.68. The predicted molar refractivity (Wildman–Crippen MR) is 59.1 cm³/mol. The molecule has 1 aromatic carbocycles. The largest absolute Gasteiger partial charge is 0.478 e. The number of carbonyl (C=O) groups is 1. The molecule has 1 aromatic heterocycles. The standard InChI is InChI=1S/C11H12N2O2/c1-5-3-9-7(4-8(5)12)10(11(14)15)6(2)13-9/h3-4,13H,12H2,1-2H3,(H,14,15). The zero-order chi connectivity index (χ0) is 11.2. The van der Waals surface area contributed by atoms with Crippen molar-refractivity contribution in [2.75, 3.05) is 5.73 Å². The molecule has 0 fully saturated rings. The van der Waals surface area contributed by atoms with E-state index in [0.717, 1.165) is 11.1 Å². The minimum Gasteiger partial charge on any atom is -0.478 e. The topological polar surface area (TPSA) is 79.1 Å². The van der Waals surface area contributed by atoms with Gasteiger partial charge in [0.05, 0.1) is 5.56 Å². The van der Waals surface area contributed by atoms with Gasteiger partial charge in [-0.25, -0.2) is 4.79 Å². The molecule has 4 nitrogen and oxygen atoms in total. The fourth-order valence-electron chi connectivity index (χ4n) is 1.78. The zero-order valence-electron chi connectivity index (χ0n) is 8.59. The predicted octanol–water partition coefficient (Wildman–Crippen LogP) is 2.07. The molecule has 2 rings (SSSR count). The minimum absolute atomic E-state index is 0.303. The molecule has 0 atom stereocenters. The summed E-state index contributed by atoms with van der Waals surface area (Å²) in [5.74, 6) is -0.929. The van der Waals surface area contributed by atoms with Crippen molar-refractivity contribution < 1.29 is 9.90 Å². The Balaban J connectivity index is 2.87. The van der Waals surface area contributed by atoms with Crippen molar-refractivity contribution >= 4 is 22.6 Å². The fraction of sp³-hybridized carbons (Fsp3) is 0.182. The van der Waals surface area contributed by atoms with Crippen molar-refractivity contribution in [3.05, 3.63) is 29.0 Å². The molecule has 0 unspecified atom stereocenters. The summed E-state index contributed by atoms with van der Waals surface area (Å²) in [6.07, 6.45) is 0. The summed E-state index contributed by atoms with van der Waals surface area (Å²) in [6.45, 7) is 3.64. The highest BCUT2D eigenvalue weighted by Crippen LogP contribution is 2.26. The van der Waals surface area contributed by atoms with Gasteiger partial charge in [-0.3, -0.25) is 0 Å². The van der Waals surface area contributed by atoms with E-state index in [9.17, 15) is 4.79 Å². The molecule has 0 aliphatic heterocycles. The molecule has 0 amide bonds. The third-order valence-corrected chi connectivity index (χ3v) is 2.59. The number of benzene rings is 1. The molecule has 0 radical (unpaired) electrons. The maximum absolute atomic E-state index is 11.0. The van der Waals surface area contributed by atoms with Crippen molar-refractivity contribution in [3.8, 4) is 0 Å². The molecule has 0 bridgehead atoms. The van der Waals surface area contributed by atoms with Crippen molar-refractivity contribution in [1.29, 1.82) is 0 Å². The van der Waals surface area contributed by atoms with Gasteiger partial charge in [0, 0.05) is 22.3 Å². The van der Waals surface area contributed by atoms with Crippen molar-refractivity contribution in [2.45, 2.75) is 13.8 Å². The first-order valence-corrected chi connectivity index (χ1v) is 4.62. The molecule has 0 saturated heterocycles. The zero-order valence-corrected chi connectivity index (χ0v) is 8.59. The van der Waals surface area contributed by atoms with Crippen molar-refractivity contribution in [2.24, 2.45) is 0 Å². The lowest BCUT2D eigenvalue weighted by Crippen LogP contribution is -1.97. The SMILES string of the molecule is Cc1cc2[nH]c(C)c(C(=O)O)c2cc1N. The van der Waals surface area contributed by atoms with Gasteiger partial charge < -0.3 is 15.8 Å². The molecular formula is C11H12N2O2. The highest BCUT2D eigenvalue weighted by atomic mass is 16.4. The van der Waals surface area contributed by atoms with E-state index in [4.69, 9.17) is 10.8 Å². The normalized spacial score (nSPS) is 10.8. The van der Waals surface area contributed by atoms with E-state index in [0.29, 0.717) is 22.3 Å². The van der Waals surface area contributed by atoms with Gasteiger partial charge in [0.1, 0.15) is 0 Å². The summed E-state index contributed by atoms with van der Waals surface area (Å²) in [6, 6.07) is 3.57. The van der Waals surface area contributed by atoms with Gasteiger partial charge in [0.25, 0.3) is 0 Å². The summed E-state index contributed by atoms with van der Waals surface area (Å²) in [5.41, 5.74) is 9.09. The average Bonchev–Trinajstić information content (AvgIpc) is 2.41. The summed E-state index contributed by atoms with van der Waals surface area (Å²) in [5, 5.41) is 9.72. The van der Waals surface area contributed by atoms with Crippen LogP contribution in [0.5, 0.6) is 0 Å². The second-order valence-electron chi connectivity index (χ2n) is 3.68. The molecule has 0 aliphatic rings. The number of H-pyrrole nitrogens is 1. The monoisotopic (exact) mass is 204 g/mol. The third kappa shape index (κ3) is 1.34. The molecule has 4 heteroatoms. The summed E-state index contributed by atoms with van der Waals surface area (Å²) in [7, 11) is 0. The molecule has 0 spiro atoms. The first-order chi connectivity index (χ1) is 7.00. The van der Waals surface area contributed by atoms with E-state index >= 15 is 0 Å². The molecule has 2 aromatic rings. The number of aromatic amines is 1. The summed E-state index contributed by atoms with van der Waals surface area (Å²) >= 11 is 0. The van der Waals surface area contributed by atoms with Gasteiger partial charge in [-0.2, -0.15) is 0 Å². The first kappa shape index (κ1) is 9.58. The smallest absolute Gasteiger partial charge is 0.338 e. The van der Waals surface area contributed by atoms with Crippen LogP contribution in [0.1, 0.15) is 21.6 Å². The van der Waals surface area contributed by atoms with Crippen LogP contribution in [0.3, 0.4) is 0 Å². The van der Waals surface area contributed by atoms with Gasteiger partial charge in [0.2, 0.25) is 0 Å². The summed E-state index contributed by atoms with van der Waals surface area (Å²) in [4.78, 5) is 14.1. The van der Waals surface area contributed by atoms with Crippen molar-refractivity contribution in [1.82, 2.24) is 4.98 Å². The van der Waals surface area contributed by atoms with E-state index in [1.807, 2.05) is 13.0 Å². The van der Waals surface area contributed by atoms with Crippen molar-refractivity contribution in [3.63, 3.8) is 0 Å². The average molecular weight is 204 g/mol. The van der Waals surface area contributed by atoms with Gasteiger partial charge in [-0.1, -0.05) is 0 Å². The number of hydrogen-bond donors (Lipinski definition) is 3. The lowest BCUT2D eigenvalue weighted by atomic mass is 10.1. The number of hydrogen-bond acceptors (Lipinski definition) is 2. The number of nitrogens with one attached hydrogen (secondary N) is 1. The van der Waals surface area contributed by atoms with Crippen LogP contribution in [0.15, 0.2) is 12.1 Å². The van der Waals surface area contributed by atoms with Gasteiger partial charge in [-0.15, -0.1) is 0 Å². The number of nitrogens with two attached hydrogens (primary N) is 1. The third-order valence-electron chi connectivity index (χ3n) is 2.59. The Bertz CT molecular complexity index is 555. The second kappa shape index (κ2) is 3.02. The number of aromatic carboxylic acids is 1. The van der Waals surface area contributed by atoms with E-state index in [2.05, 4.69) is 4.98 Å². The Hall–Kier alpha value is -1.97. The van der Waals surface area contributed by atoms with Gasteiger partial charge >= 0.3 is 5.97 Å². The van der Waals surface area contributed by atoms with E-state index < -0.39 is 5.97 Å². The van der Waals surface area contributed by atoms with Crippen LogP contribution >= 0.6 is 0 Å². The van der Waals surface area contributed by atoms with Crippen LogP contribution in [0, 0.1) is 13.8 Å². The Morgan fingerprint density at radius 3 is 2.67 bits per heavy atom. The number of rotatable bonds is 1. The number of fused-ring (bicyclic) bond motifs is 1. The maximum atomic E-state index is 11.0. The van der Waals surface area contributed by atoms with E-state index in [1.54, 1.807) is 13.0 Å². The Morgan fingerprint density at radius 2 is 2.07 bits per heavy atom. The Labute approximate surface area is 86.7 Å². The highest BCUT2D eigenvalue weighted by Gasteiger charge is 2.15. The Kier molecular flexibility index (Phi) is 1.93. The molecule has 0 aliphatic carbocycles. The molecule has 1 heterocycles. The Morgan fingerprint density at radius 1 is 1.40 bits per heavy atom. The number of aromatic nitrogens is 1. The number of anilines is 1. The number of carboxylic acid groups (broad SMARTS) is 1. The van der Waals surface area contributed by atoms with Crippen LogP contribution in [0.25, 0.3) is 10.9 Å². The van der Waals surface area contributed by atoms with E-state index in [-0.39, 0.29) is 0 Å². The summed E-state index contributed by atoms with van der Waals surface area (Å²) < 4.78 is 0. The highest BCUT2D eigenvalue weighted by molar-refractivity contribution is 6.05. The molecule has 4 N–H and O–H groups in total. The van der Waals surface area contributed by atoms with Crippen LogP contribution in [-0.4, -0.2) is 16.1 Å². The molecular weight excluding hydrogens is 192 g/mol. The lowest BCUT2D eigenvalue weighted by molar-refractivity contribution is 0.0698. The van der Waals surface area contributed by atoms with E-state index in [1.165, 1.54) is 0 Å². The van der Waals surface area contributed by atoms with Crippen LogP contribution < -0.4 is 5.73 Å². The number of carboxylic acids is 1. The van der Waals surface area contributed by atoms with Crippen LogP contribution in [0.2, 0.25) is 0 Å². The molecule has 0 saturated carbocycles. The van der Waals surface area contributed by atoms with Gasteiger partial charge in [-0.05, 0) is 31.5 Å². The van der Waals surface area contributed by atoms with Crippen LogP contribution in [0.4, 0.5) is 5.69 Å². The maximum Gasteiger partial charge on any atom is 0.338 e. The van der Waals surface area contributed by atoms with Crippen LogP contribution in [-0.2, 0) is 0 Å². The number of aryl methyl sites for hydroxylation is 2. The number of nitrogen functional groups attached to an aromatic ring is 1. The first-order valence-electron chi connectivity index (χ1n) is 4.62. The molecule has 78 valence electrons. The minimum atomic E-state index is -0.929.